The van der Waals surface area contributed by atoms with Crippen LogP contribution in [0.5, 0.6) is 0 Å². The molecule has 200 valence electrons. The predicted molar refractivity (Wildman–Crippen MR) is 137 cm³/mol. The van der Waals surface area contributed by atoms with Gasteiger partial charge in [-0.25, -0.2) is 9.59 Å². The minimum atomic E-state index is -3.98. The Balaban J connectivity index is 0. The smallest absolute Gasteiger partial charge is 0.333 e. The van der Waals surface area contributed by atoms with Gasteiger partial charge in [0.25, 0.3) is 10.1 Å². The van der Waals surface area contributed by atoms with E-state index >= 15 is 0 Å². The molecule has 0 aromatic heterocycles. The summed E-state index contributed by atoms with van der Waals surface area (Å²) in [7, 11) is -3.98. The van der Waals surface area contributed by atoms with E-state index < -0.39 is 33.4 Å². The van der Waals surface area contributed by atoms with Gasteiger partial charge < -0.3 is 14.2 Å². The number of carbonyl (C=O) groups is 3. The number of unbranched alkanes of at least 4 members (excludes halogenated alkanes) is 6. The van der Waals surface area contributed by atoms with E-state index in [0.29, 0.717) is 38.5 Å². The predicted octanol–water partition coefficient (Wildman–Crippen LogP) is 3.26. The molecule has 0 unspecified atom stereocenters. The standard InChI is InChI=1S/C24H40O9S.Mg.2H/c1-6-7-8-11-14-24(17-32-21(25)19(2)3,18-33-22(26)20(4)5)23(27)31-15-12-9-10-13-16-34(28,29)30;;;/h2,4,6-18H2,1,3,5H3,(H,28,29,30);;;. The molecule has 0 radical (unpaired) electrons. The number of hydrogen-bond acceptors (Lipinski definition) is 8. The van der Waals surface area contributed by atoms with Crippen LogP contribution in [0.1, 0.15) is 78.6 Å². The lowest BCUT2D eigenvalue weighted by Gasteiger charge is -2.30. The van der Waals surface area contributed by atoms with Crippen LogP contribution in [0, 0.1) is 5.41 Å². The van der Waals surface area contributed by atoms with Crippen molar-refractivity contribution in [1.29, 1.82) is 0 Å². The van der Waals surface area contributed by atoms with Gasteiger partial charge in [-0.2, -0.15) is 8.42 Å². The van der Waals surface area contributed by atoms with Gasteiger partial charge in [0, 0.05) is 11.1 Å². The van der Waals surface area contributed by atoms with E-state index in [1.165, 1.54) is 13.8 Å². The normalized spacial score (nSPS) is 11.2. The Kier molecular flexibility index (Phi) is 19.2. The van der Waals surface area contributed by atoms with Crippen LogP contribution < -0.4 is 0 Å². The second-order valence-electron chi connectivity index (χ2n) is 8.64. The molecular weight excluding hydrogens is 489 g/mol. The van der Waals surface area contributed by atoms with Gasteiger partial charge in [0.05, 0.1) is 12.4 Å². The van der Waals surface area contributed by atoms with E-state index in [1.54, 1.807) is 0 Å². The fourth-order valence-electron chi connectivity index (χ4n) is 3.01. The van der Waals surface area contributed by atoms with Gasteiger partial charge in [-0.3, -0.25) is 9.35 Å². The molecule has 0 saturated heterocycles. The number of carbonyl (C=O) groups excluding carboxylic acids is 3. The lowest BCUT2D eigenvalue weighted by molar-refractivity contribution is -0.171. The summed E-state index contributed by atoms with van der Waals surface area (Å²) >= 11 is 0. The topological polar surface area (TPSA) is 133 Å². The zero-order chi connectivity index (χ0) is 26.2. The summed E-state index contributed by atoms with van der Waals surface area (Å²) in [6, 6.07) is 0. The first-order chi connectivity index (χ1) is 15.8. The number of hydrogen-bond donors (Lipinski definition) is 1. The van der Waals surface area contributed by atoms with Crippen LogP contribution in [0.2, 0.25) is 0 Å². The van der Waals surface area contributed by atoms with E-state index in [4.69, 9.17) is 18.8 Å². The Bertz CT molecular complexity index is 776. The minimum Gasteiger partial charge on any atom is -0.465 e. The van der Waals surface area contributed by atoms with Crippen LogP contribution in [0.4, 0.5) is 0 Å². The lowest BCUT2D eigenvalue weighted by Crippen LogP contribution is -2.43. The fourth-order valence-corrected chi connectivity index (χ4v) is 3.58. The van der Waals surface area contributed by atoms with Crippen LogP contribution in [0.25, 0.3) is 0 Å². The maximum absolute atomic E-state index is 13.2. The Morgan fingerprint density at radius 1 is 0.800 bits per heavy atom. The van der Waals surface area contributed by atoms with Crippen molar-refractivity contribution in [2.75, 3.05) is 25.6 Å². The second-order valence-corrected chi connectivity index (χ2v) is 10.2. The third-order valence-corrected chi connectivity index (χ3v) is 5.93. The van der Waals surface area contributed by atoms with Crippen LogP contribution in [0.3, 0.4) is 0 Å². The molecule has 0 amide bonds. The van der Waals surface area contributed by atoms with Crippen molar-refractivity contribution < 1.29 is 41.6 Å². The van der Waals surface area contributed by atoms with Gasteiger partial charge in [-0.1, -0.05) is 58.6 Å². The van der Waals surface area contributed by atoms with Gasteiger partial charge in [0.1, 0.15) is 18.6 Å². The summed E-state index contributed by atoms with van der Waals surface area (Å²) in [6.07, 6.45) is 5.69. The highest BCUT2D eigenvalue weighted by molar-refractivity contribution is 7.85. The number of rotatable bonds is 19. The zero-order valence-corrected chi connectivity index (χ0v) is 21.5. The van der Waals surface area contributed by atoms with Gasteiger partial charge in [-0.05, 0) is 33.1 Å². The molecule has 0 bridgehead atoms. The maximum Gasteiger partial charge on any atom is 0.333 e. The minimum absolute atomic E-state index is 0. The first-order valence-corrected chi connectivity index (χ1v) is 13.2. The molecular formula is C24H42MgO9S. The summed E-state index contributed by atoms with van der Waals surface area (Å²) in [4.78, 5) is 37.2. The highest BCUT2D eigenvalue weighted by atomic mass is 32.2. The average molecular weight is 531 g/mol. The summed E-state index contributed by atoms with van der Waals surface area (Å²) in [6.45, 7) is 11.6. The van der Waals surface area contributed by atoms with Gasteiger partial charge in [-0.15, -0.1) is 0 Å². The van der Waals surface area contributed by atoms with Crippen molar-refractivity contribution in [1.82, 2.24) is 0 Å². The molecule has 35 heavy (non-hydrogen) atoms. The van der Waals surface area contributed by atoms with E-state index in [2.05, 4.69) is 20.1 Å². The molecule has 0 spiro atoms. The summed E-state index contributed by atoms with van der Waals surface area (Å²) in [5.74, 6) is -2.26. The first kappa shape index (κ1) is 35.7. The zero-order valence-electron chi connectivity index (χ0n) is 20.7. The fraction of sp³-hybridized carbons (Fsp3) is 0.708. The van der Waals surface area contributed by atoms with Crippen LogP contribution in [-0.4, -0.2) is 79.5 Å². The summed E-state index contributed by atoms with van der Waals surface area (Å²) in [5, 5.41) is 0. The van der Waals surface area contributed by atoms with Crippen molar-refractivity contribution in [3.05, 3.63) is 24.3 Å². The van der Waals surface area contributed by atoms with Gasteiger partial charge in [0.2, 0.25) is 0 Å². The van der Waals surface area contributed by atoms with E-state index in [9.17, 15) is 22.8 Å². The quantitative estimate of drug-likeness (QED) is 0.0666. The molecule has 0 rings (SSSR count). The molecule has 0 aromatic carbocycles. The van der Waals surface area contributed by atoms with Crippen molar-refractivity contribution in [2.45, 2.75) is 78.6 Å². The molecule has 11 heteroatoms. The molecule has 0 fully saturated rings. The molecule has 1 N–H and O–H groups in total. The first-order valence-electron chi connectivity index (χ1n) is 11.6. The third kappa shape index (κ3) is 16.8. The third-order valence-electron chi connectivity index (χ3n) is 5.13. The molecule has 0 aliphatic carbocycles. The summed E-state index contributed by atoms with van der Waals surface area (Å²) in [5.41, 5.74) is -1.01. The van der Waals surface area contributed by atoms with Gasteiger partial charge >= 0.3 is 41.0 Å². The highest BCUT2D eigenvalue weighted by Crippen LogP contribution is 2.30. The average Bonchev–Trinajstić information content (AvgIpc) is 2.75. The van der Waals surface area contributed by atoms with Crippen molar-refractivity contribution in [2.24, 2.45) is 5.41 Å². The molecule has 0 aromatic rings. The molecule has 9 nitrogen and oxygen atoms in total. The second kappa shape index (κ2) is 18.8. The number of esters is 3. The van der Waals surface area contributed by atoms with E-state index in [-0.39, 0.29) is 59.8 Å². The highest BCUT2D eigenvalue weighted by Gasteiger charge is 2.43. The van der Waals surface area contributed by atoms with E-state index in [0.717, 1.165) is 19.3 Å². The molecule has 0 atom stereocenters. The van der Waals surface area contributed by atoms with Crippen molar-refractivity contribution in [3.8, 4) is 0 Å². The molecule has 0 aliphatic heterocycles. The molecule has 0 aliphatic rings. The number of ether oxygens (including phenoxy) is 3. The lowest BCUT2D eigenvalue weighted by atomic mass is 9.83. The Morgan fingerprint density at radius 3 is 1.74 bits per heavy atom. The van der Waals surface area contributed by atoms with Crippen LogP contribution >= 0.6 is 0 Å². The molecule has 0 saturated carbocycles. The maximum atomic E-state index is 13.2. The monoisotopic (exact) mass is 530 g/mol. The van der Waals surface area contributed by atoms with E-state index in [1.807, 2.05) is 0 Å². The molecule has 0 heterocycles. The van der Waals surface area contributed by atoms with Crippen LogP contribution in [0.15, 0.2) is 24.3 Å². The Hall–Kier alpha value is -1.43. The largest absolute Gasteiger partial charge is 0.465 e. The summed E-state index contributed by atoms with van der Waals surface area (Å²) < 4.78 is 46.3. The Labute approximate surface area is 225 Å². The van der Waals surface area contributed by atoms with Crippen molar-refractivity contribution >= 4 is 51.1 Å². The Morgan fingerprint density at radius 2 is 1.29 bits per heavy atom. The van der Waals surface area contributed by atoms with Crippen LogP contribution in [-0.2, 0) is 38.7 Å². The van der Waals surface area contributed by atoms with Gasteiger partial charge in [0.15, 0.2) is 0 Å². The SMILES string of the molecule is C=C(C)C(=O)OCC(CCCCCC)(COC(=O)C(=C)C)C(=O)OCCCCCCS(=O)(=O)O.[MgH2]. The van der Waals surface area contributed by atoms with Crippen molar-refractivity contribution in [3.63, 3.8) is 0 Å².